The molecule has 308 valence electrons. The van der Waals surface area contributed by atoms with Crippen LogP contribution in [0.2, 0.25) is 0 Å². The smallest absolute Gasteiger partial charge is 0.305 e. The first kappa shape index (κ1) is 44.8. The molecule has 3 atom stereocenters. The van der Waals surface area contributed by atoms with Crippen molar-refractivity contribution in [3.63, 3.8) is 0 Å². The van der Waals surface area contributed by atoms with Crippen LogP contribution in [0.5, 0.6) is 0 Å². The molecule has 0 fully saturated rings. The van der Waals surface area contributed by atoms with Crippen molar-refractivity contribution in [2.75, 3.05) is 34.7 Å². The van der Waals surface area contributed by atoms with Crippen molar-refractivity contribution in [1.29, 1.82) is 0 Å². The molecule has 0 aliphatic carbocycles. The number of aliphatic carboxylic acids is 1. The van der Waals surface area contributed by atoms with Gasteiger partial charge in [0.05, 0.1) is 59.5 Å². The Morgan fingerprint density at radius 3 is 1.72 bits per heavy atom. The van der Waals surface area contributed by atoms with Crippen molar-refractivity contribution >= 4 is 44.0 Å². The van der Waals surface area contributed by atoms with E-state index in [2.05, 4.69) is 19.9 Å². The number of anilines is 2. The normalized spacial score (nSPS) is 13.9. The Morgan fingerprint density at radius 2 is 1.23 bits per heavy atom. The summed E-state index contributed by atoms with van der Waals surface area (Å²) in [6.07, 6.45) is -1.59. The third-order valence-corrected chi connectivity index (χ3v) is 11.7. The molecule has 2 aromatic heterocycles. The summed E-state index contributed by atoms with van der Waals surface area (Å²) in [4.78, 5) is 29.0. The van der Waals surface area contributed by atoms with Crippen LogP contribution < -0.4 is 8.61 Å². The third-order valence-electron chi connectivity index (χ3n) is 8.84. The minimum Gasteiger partial charge on any atom is -0.481 e. The van der Waals surface area contributed by atoms with Gasteiger partial charge in [-0.3, -0.25) is 4.79 Å². The van der Waals surface area contributed by atoms with Crippen molar-refractivity contribution in [1.82, 2.24) is 19.9 Å². The summed E-state index contributed by atoms with van der Waals surface area (Å²) in [5.74, 6) is -4.76. The van der Waals surface area contributed by atoms with Crippen LogP contribution in [-0.4, -0.2) is 101 Å². The molecule has 0 radical (unpaired) electrons. The van der Waals surface area contributed by atoms with Crippen molar-refractivity contribution in [2.45, 2.75) is 70.7 Å². The zero-order valence-corrected chi connectivity index (χ0v) is 34.0. The molecule has 19 heteroatoms. The predicted molar refractivity (Wildman–Crippen MR) is 211 cm³/mol. The molecular weight excluding hydrogens is 787 g/mol. The van der Waals surface area contributed by atoms with Gasteiger partial charge in [0.2, 0.25) is 31.9 Å². The topological polar surface area (TPSA) is 224 Å². The van der Waals surface area contributed by atoms with Gasteiger partial charge in [-0.2, -0.15) is 0 Å². The summed E-state index contributed by atoms with van der Waals surface area (Å²) < 4.78 is 83.0. The van der Waals surface area contributed by atoms with Crippen molar-refractivity contribution in [2.24, 2.45) is 0 Å². The highest BCUT2D eigenvalue weighted by Crippen LogP contribution is 2.37. The summed E-state index contributed by atoms with van der Waals surface area (Å²) in [6.45, 7) is 6.98. The molecule has 57 heavy (non-hydrogen) atoms. The Hall–Kier alpha value is -4.95. The van der Waals surface area contributed by atoms with Gasteiger partial charge < -0.3 is 20.4 Å². The SMILES string of the molecule is CC(C)c1nc(N(C)S(=O)(=O)CC(O)c2c(-c3ccc(F)cc3)nc(N(C)S(C)(=O)=O)nc2C(C)C)nc(-c2ccc(F)cc2)c1/C=C/[C@@H](O)C[C@@H](O)CC(=O)O. The lowest BCUT2D eigenvalue weighted by Gasteiger charge is -2.26. The van der Waals surface area contributed by atoms with E-state index in [-0.39, 0.29) is 52.4 Å². The highest BCUT2D eigenvalue weighted by Gasteiger charge is 2.33. The molecule has 0 spiro atoms. The molecule has 4 rings (SSSR count). The number of benzene rings is 2. The first-order chi connectivity index (χ1) is 26.5. The molecule has 4 aromatic rings. The average Bonchev–Trinajstić information content (AvgIpc) is 3.12. The first-order valence-electron chi connectivity index (χ1n) is 17.7. The molecule has 0 bridgehead atoms. The van der Waals surface area contributed by atoms with E-state index in [9.17, 15) is 45.7 Å². The van der Waals surface area contributed by atoms with E-state index in [1.165, 1.54) is 62.6 Å². The fraction of sp³-hybridized carbons (Fsp3) is 0.395. The second-order valence-electron chi connectivity index (χ2n) is 14.1. The molecule has 1 unspecified atom stereocenters. The Morgan fingerprint density at radius 1 is 0.754 bits per heavy atom. The maximum Gasteiger partial charge on any atom is 0.305 e. The number of nitrogens with zero attached hydrogens (tertiary/aromatic N) is 6. The number of carbonyl (C=O) groups is 1. The molecule has 0 aliphatic heterocycles. The van der Waals surface area contributed by atoms with Gasteiger partial charge >= 0.3 is 5.97 Å². The van der Waals surface area contributed by atoms with Crippen LogP contribution in [-0.2, 0) is 24.8 Å². The molecule has 0 saturated heterocycles. The van der Waals surface area contributed by atoms with E-state index in [4.69, 9.17) is 5.11 Å². The number of hydrogen-bond acceptors (Lipinski definition) is 12. The fourth-order valence-corrected chi connectivity index (χ4v) is 7.27. The van der Waals surface area contributed by atoms with Gasteiger partial charge in [0, 0.05) is 42.8 Å². The summed E-state index contributed by atoms with van der Waals surface area (Å²) in [5.41, 5.74) is 1.51. The van der Waals surface area contributed by atoms with E-state index < -0.39 is 74.1 Å². The van der Waals surface area contributed by atoms with E-state index in [0.29, 0.717) is 16.8 Å². The molecule has 2 aromatic carbocycles. The first-order valence-corrected chi connectivity index (χ1v) is 21.2. The average molecular weight is 833 g/mol. The van der Waals surface area contributed by atoms with E-state index in [1.54, 1.807) is 27.7 Å². The molecule has 0 aliphatic rings. The predicted octanol–water partition coefficient (Wildman–Crippen LogP) is 4.62. The number of rotatable bonds is 17. The number of carboxylic acids is 1. The zero-order chi connectivity index (χ0) is 42.6. The lowest BCUT2D eigenvalue weighted by Crippen LogP contribution is -2.34. The quantitative estimate of drug-likeness (QED) is 0.114. The molecule has 15 nitrogen and oxygen atoms in total. The minimum absolute atomic E-state index is 0.0182. The molecule has 2 heterocycles. The second kappa shape index (κ2) is 18.1. The van der Waals surface area contributed by atoms with E-state index >= 15 is 0 Å². The lowest BCUT2D eigenvalue weighted by atomic mass is 9.95. The molecule has 0 saturated carbocycles. The van der Waals surface area contributed by atoms with E-state index in [1.807, 2.05) is 0 Å². The maximum absolute atomic E-state index is 14.2. The van der Waals surface area contributed by atoms with Gasteiger partial charge in [-0.1, -0.05) is 39.8 Å². The number of halogens is 2. The number of aliphatic hydroxyl groups is 3. The van der Waals surface area contributed by atoms with Crippen LogP contribution >= 0.6 is 0 Å². The van der Waals surface area contributed by atoms with Crippen LogP contribution in [0.3, 0.4) is 0 Å². The Balaban J connectivity index is 1.84. The number of hydrogen-bond donors (Lipinski definition) is 4. The van der Waals surface area contributed by atoms with Gasteiger partial charge in [-0.25, -0.2) is 54.2 Å². The minimum atomic E-state index is -4.53. The number of aliphatic hydroxyl groups excluding tert-OH is 3. The zero-order valence-electron chi connectivity index (χ0n) is 32.4. The summed E-state index contributed by atoms with van der Waals surface area (Å²) in [5, 5.41) is 41.4. The Kier molecular flexibility index (Phi) is 14.2. The van der Waals surface area contributed by atoms with Crippen molar-refractivity contribution in [3.8, 4) is 22.5 Å². The highest BCUT2D eigenvalue weighted by molar-refractivity contribution is 7.92. The van der Waals surface area contributed by atoms with Gasteiger partial charge in [0.1, 0.15) is 11.6 Å². The van der Waals surface area contributed by atoms with Gasteiger partial charge in [0.25, 0.3) is 0 Å². The molecule has 4 N–H and O–H groups in total. The summed E-state index contributed by atoms with van der Waals surface area (Å²) in [6, 6.07) is 10.2. The molecule has 0 amide bonds. The highest BCUT2D eigenvalue weighted by atomic mass is 32.2. The number of aromatic nitrogens is 4. The van der Waals surface area contributed by atoms with Gasteiger partial charge in [0.15, 0.2) is 0 Å². The Labute approximate surface area is 330 Å². The van der Waals surface area contributed by atoms with Crippen LogP contribution in [0.25, 0.3) is 28.6 Å². The summed E-state index contributed by atoms with van der Waals surface area (Å²) >= 11 is 0. The number of sulfonamides is 2. The van der Waals surface area contributed by atoms with Crippen LogP contribution in [0, 0.1) is 11.6 Å². The monoisotopic (exact) mass is 832 g/mol. The second-order valence-corrected chi connectivity index (χ2v) is 18.1. The fourth-order valence-electron chi connectivity index (χ4n) is 5.78. The van der Waals surface area contributed by atoms with Gasteiger partial charge in [-0.15, -0.1) is 0 Å². The van der Waals surface area contributed by atoms with Gasteiger partial charge in [-0.05, 0) is 60.4 Å². The largest absolute Gasteiger partial charge is 0.481 e. The lowest BCUT2D eigenvalue weighted by molar-refractivity contribution is -0.139. The standard InChI is InChI=1S/C38H46F2N6O9S2/c1-21(2)33-29(17-16-27(47)18-28(48)19-31(50)51)35(23-8-12-25(39)13-9-23)43-38(41-33)46(6)57(54,55)20-30(49)32-34(22(3)4)42-37(45(5)56(7,52)53)44-36(32)24-10-14-26(40)15-11-24/h8-17,21-22,27-28,30,47-49H,18-20H2,1-7H3,(H,50,51)/b17-16+/t27-,28-,30?/m1/s1. The van der Waals surface area contributed by atoms with Crippen LogP contribution in [0.15, 0.2) is 54.6 Å². The van der Waals surface area contributed by atoms with Crippen LogP contribution in [0.1, 0.15) is 81.0 Å². The van der Waals surface area contributed by atoms with E-state index in [0.717, 1.165) is 27.0 Å². The third kappa shape index (κ3) is 11.1. The van der Waals surface area contributed by atoms with Crippen molar-refractivity contribution in [3.05, 3.63) is 88.8 Å². The molecular formula is C38H46F2N6O9S2. The summed E-state index contributed by atoms with van der Waals surface area (Å²) in [7, 11) is -5.96. The number of carboxylic acid groups (broad SMARTS) is 1. The van der Waals surface area contributed by atoms with Crippen molar-refractivity contribution < 1.29 is 50.8 Å². The van der Waals surface area contributed by atoms with Crippen LogP contribution in [0.4, 0.5) is 20.7 Å². The Bertz CT molecular complexity index is 2330. The maximum atomic E-state index is 14.2.